The molecule has 0 aromatic carbocycles. The number of carbonyl (C=O) groups excluding carboxylic acids is 2. The maximum absolute atomic E-state index is 11.8. The van der Waals surface area contributed by atoms with Crippen molar-refractivity contribution in [2.75, 3.05) is 13.7 Å². The maximum Gasteiger partial charge on any atom is 0.339 e. The zero-order valence-corrected chi connectivity index (χ0v) is 13.0. The molecular formula is C13H20O12. The first kappa shape index (κ1) is 19.9. The summed E-state index contributed by atoms with van der Waals surface area (Å²) in [5.74, 6) is -2.52. The lowest BCUT2D eigenvalue weighted by Crippen LogP contribution is -2.59. The smallest absolute Gasteiger partial charge is 0.339 e. The zero-order chi connectivity index (χ0) is 18.9. The minimum absolute atomic E-state index is 0.639. The molecule has 0 amide bonds. The minimum atomic E-state index is -2.09. The molecule has 0 radical (unpaired) electrons. The first-order chi connectivity index (χ1) is 11.7. The highest BCUT2D eigenvalue weighted by Crippen LogP contribution is 2.23. The van der Waals surface area contributed by atoms with Gasteiger partial charge in [-0.05, 0) is 0 Å². The van der Waals surface area contributed by atoms with E-state index in [1.54, 1.807) is 0 Å². The summed E-state index contributed by atoms with van der Waals surface area (Å²) in [6, 6.07) is 0. The van der Waals surface area contributed by atoms with E-state index >= 15 is 0 Å². The molecule has 9 atom stereocenters. The first-order valence-corrected chi connectivity index (χ1v) is 7.32. The van der Waals surface area contributed by atoms with Crippen molar-refractivity contribution in [1.29, 1.82) is 0 Å². The third kappa shape index (κ3) is 3.91. The summed E-state index contributed by atoms with van der Waals surface area (Å²) in [5.41, 5.74) is 0. The van der Waals surface area contributed by atoms with Crippen LogP contribution >= 0.6 is 0 Å². The van der Waals surface area contributed by atoms with Crippen molar-refractivity contribution in [3.8, 4) is 0 Å². The fourth-order valence-corrected chi connectivity index (χ4v) is 2.48. The van der Waals surface area contributed by atoms with Crippen LogP contribution in [-0.2, 0) is 28.5 Å². The maximum atomic E-state index is 11.8. The lowest BCUT2D eigenvalue weighted by Gasteiger charge is -2.39. The predicted molar refractivity (Wildman–Crippen MR) is 72.5 cm³/mol. The molecule has 0 bridgehead atoms. The molecule has 2 aliphatic heterocycles. The summed E-state index contributed by atoms with van der Waals surface area (Å²) in [6.45, 7) is -0.639. The van der Waals surface area contributed by atoms with Crippen LogP contribution in [0.1, 0.15) is 0 Å². The molecule has 2 fully saturated rings. The Morgan fingerprint density at radius 2 is 1.76 bits per heavy atom. The molecule has 12 nitrogen and oxygen atoms in total. The van der Waals surface area contributed by atoms with E-state index in [1.165, 1.54) is 7.11 Å². The molecule has 2 rings (SSSR count). The topological polar surface area (TPSA) is 192 Å². The van der Waals surface area contributed by atoms with Crippen molar-refractivity contribution in [2.45, 2.75) is 55.1 Å². The number of aliphatic hydroxyl groups is 6. The van der Waals surface area contributed by atoms with E-state index in [4.69, 9.17) is 14.2 Å². The molecule has 12 heteroatoms. The number of hydrogen-bond donors (Lipinski definition) is 6. The van der Waals surface area contributed by atoms with E-state index in [9.17, 15) is 40.2 Å². The highest BCUT2D eigenvalue weighted by Gasteiger charge is 2.49. The number of hydrogen-bond acceptors (Lipinski definition) is 12. The third-order valence-corrected chi connectivity index (χ3v) is 4.00. The van der Waals surface area contributed by atoms with Crippen molar-refractivity contribution >= 4 is 11.9 Å². The van der Waals surface area contributed by atoms with Gasteiger partial charge in [-0.2, -0.15) is 0 Å². The normalized spacial score (nSPS) is 42.8. The first-order valence-electron chi connectivity index (χ1n) is 7.32. The SMILES string of the molecule is CO[C@H]1O[C@H](COC(=O)[C@@H](O)[C@H]2OC(=O)[C@H](O)[C@H]2O)[C@@H](O)[C@H](O)[C@H]1O. The summed E-state index contributed by atoms with van der Waals surface area (Å²) in [4.78, 5) is 22.9. The molecule has 0 spiro atoms. The van der Waals surface area contributed by atoms with E-state index in [1.807, 2.05) is 0 Å². The van der Waals surface area contributed by atoms with E-state index in [0.717, 1.165) is 0 Å². The van der Waals surface area contributed by atoms with Crippen LogP contribution < -0.4 is 0 Å². The summed E-state index contributed by atoms with van der Waals surface area (Å²) >= 11 is 0. The molecule has 0 saturated carbocycles. The molecule has 2 heterocycles. The van der Waals surface area contributed by atoms with E-state index in [-0.39, 0.29) is 0 Å². The van der Waals surface area contributed by atoms with Gasteiger partial charge in [-0.15, -0.1) is 0 Å². The van der Waals surface area contributed by atoms with Crippen LogP contribution in [0, 0.1) is 0 Å². The van der Waals surface area contributed by atoms with Crippen molar-refractivity contribution in [3.63, 3.8) is 0 Å². The fraction of sp³-hybridized carbons (Fsp3) is 0.846. The largest absolute Gasteiger partial charge is 0.461 e. The van der Waals surface area contributed by atoms with Gasteiger partial charge < -0.3 is 49.6 Å². The zero-order valence-electron chi connectivity index (χ0n) is 13.0. The molecule has 0 unspecified atom stereocenters. The van der Waals surface area contributed by atoms with Crippen LogP contribution in [0.15, 0.2) is 0 Å². The Morgan fingerprint density at radius 3 is 2.28 bits per heavy atom. The average Bonchev–Trinajstić information content (AvgIpc) is 2.85. The van der Waals surface area contributed by atoms with Crippen LogP contribution in [0.4, 0.5) is 0 Å². The van der Waals surface area contributed by atoms with Crippen LogP contribution in [0.25, 0.3) is 0 Å². The summed E-state index contributed by atoms with van der Waals surface area (Å²) < 4.78 is 19.1. The summed E-state index contributed by atoms with van der Waals surface area (Å²) in [5, 5.41) is 57.6. The number of methoxy groups -OCH3 is 1. The molecule has 0 aromatic rings. The quantitative estimate of drug-likeness (QED) is 0.253. The second-order valence-electron chi connectivity index (χ2n) is 5.66. The second kappa shape index (κ2) is 7.88. The van der Waals surface area contributed by atoms with E-state index in [0.29, 0.717) is 0 Å². The molecular weight excluding hydrogens is 348 g/mol. The Kier molecular flexibility index (Phi) is 6.29. The van der Waals surface area contributed by atoms with E-state index < -0.39 is 73.7 Å². The predicted octanol–water partition coefficient (Wildman–Crippen LogP) is -5.01. The van der Waals surface area contributed by atoms with Crippen LogP contribution in [0.5, 0.6) is 0 Å². The van der Waals surface area contributed by atoms with Crippen molar-refractivity contribution in [3.05, 3.63) is 0 Å². The highest BCUT2D eigenvalue weighted by molar-refractivity contribution is 5.81. The van der Waals surface area contributed by atoms with E-state index in [2.05, 4.69) is 4.74 Å². The van der Waals surface area contributed by atoms with Gasteiger partial charge in [0.1, 0.15) is 37.1 Å². The third-order valence-electron chi connectivity index (χ3n) is 4.00. The number of rotatable bonds is 5. The standard InChI is InChI=1S/C13H20O12/c1-22-13-8(18)5(15)4(14)3(24-13)2-23-11(20)9(19)10-6(16)7(17)12(21)25-10/h3-10,13-19H,2H2,1H3/t3-,4-,5+,6-,7-,8-,9+,10+,13+/m1/s1. The summed E-state index contributed by atoms with van der Waals surface area (Å²) in [7, 11) is 1.19. The Bertz CT molecular complexity index is 495. The summed E-state index contributed by atoms with van der Waals surface area (Å²) in [6.07, 6.45) is -14.8. The van der Waals surface area contributed by atoms with Gasteiger partial charge in [0.15, 0.2) is 24.6 Å². The average molecular weight is 368 g/mol. The fourth-order valence-electron chi connectivity index (χ4n) is 2.48. The van der Waals surface area contributed by atoms with Crippen molar-refractivity contribution < 1.29 is 59.2 Å². The number of aliphatic hydroxyl groups excluding tert-OH is 6. The number of esters is 2. The molecule has 25 heavy (non-hydrogen) atoms. The van der Waals surface area contributed by atoms with Gasteiger partial charge in [0.2, 0.25) is 0 Å². The lowest BCUT2D eigenvalue weighted by atomic mass is 9.99. The molecule has 2 aliphatic rings. The van der Waals surface area contributed by atoms with Crippen LogP contribution in [0.2, 0.25) is 0 Å². The Balaban J connectivity index is 1.92. The number of carbonyl (C=O) groups is 2. The minimum Gasteiger partial charge on any atom is -0.461 e. The van der Waals surface area contributed by atoms with Gasteiger partial charge in [-0.3, -0.25) is 0 Å². The van der Waals surface area contributed by atoms with Crippen LogP contribution in [-0.4, -0.2) is 111 Å². The highest BCUT2D eigenvalue weighted by atomic mass is 16.7. The van der Waals surface area contributed by atoms with Gasteiger partial charge in [-0.1, -0.05) is 0 Å². The number of ether oxygens (including phenoxy) is 4. The lowest BCUT2D eigenvalue weighted by molar-refractivity contribution is -0.295. The molecule has 0 aromatic heterocycles. The van der Waals surface area contributed by atoms with Gasteiger partial charge in [0.05, 0.1) is 0 Å². The van der Waals surface area contributed by atoms with Crippen molar-refractivity contribution in [1.82, 2.24) is 0 Å². The van der Waals surface area contributed by atoms with Gasteiger partial charge in [0.25, 0.3) is 0 Å². The number of cyclic esters (lactones) is 1. The Labute approximate surface area is 141 Å². The Hall–Kier alpha value is -1.38. The molecule has 0 aliphatic carbocycles. The molecule has 144 valence electrons. The Morgan fingerprint density at radius 1 is 1.12 bits per heavy atom. The van der Waals surface area contributed by atoms with Crippen LogP contribution in [0.3, 0.4) is 0 Å². The van der Waals surface area contributed by atoms with Gasteiger partial charge >= 0.3 is 11.9 Å². The van der Waals surface area contributed by atoms with Gasteiger partial charge in [0, 0.05) is 7.11 Å². The van der Waals surface area contributed by atoms with Crippen molar-refractivity contribution in [2.24, 2.45) is 0 Å². The van der Waals surface area contributed by atoms with Gasteiger partial charge in [-0.25, -0.2) is 9.59 Å². The monoisotopic (exact) mass is 368 g/mol. The molecule has 2 saturated heterocycles. The molecule has 6 N–H and O–H groups in total. The second-order valence-corrected chi connectivity index (χ2v) is 5.66.